The molecule has 2 aromatic carbocycles. The van der Waals surface area contributed by atoms with E-state index >= 15 is 0 Å². The average Bonchev–Trinajstić information content (AvgIpc) is 3.21. The molecular weight excluding hydrogens is 368 g/mol. The fourth-order valence-corrected chi connectivity index (χ4v) is 2.59. The number of carbonyl (C=O) groups excluding carboxylic acids is 2. The summed E-state index contributed by atoms with van der Waals surface area (Å²) in [6, 6.07) is 12.0. The fourth-order valence-electron chi connectivity index (χ4n) is 2.42. The van der Waals surface area contributed by atoms with Crippen molar-refractivity contribution in [1.82, 2.24) is 14.8 Å². The van der Waals surface area contributed by atoms with E-state index in [2.05, 4.69) is 15.4 Å². The lowest BCUT2D eigenvalue weighted by Crippen LogP contribution is -2.21. The Morgan fingerprint density at radius 2 is 1.96 bits per heavy atom. The zero-order chi connectivity index (χ0) is 19.2. The van der Waals surface area contributed by atoms with Crippen molar-refractivity contribution in [3.05, 3.63) is 71.3 Å². The zero-order valence-corrected chi connectivity index (χ0v) is 15.3. The van der Waals surface area contributed by atoms with Crippen LogP contribution in [0.15, 0.2) is 55.1 Å². The second kappa shape index (κ2) is 8.46. The molecule has 27 heavy (non-hydrogen) atoms. The van der Waals surface area contributed by atoms with Gasteiger partial charge in [0.2, 0.25) is 0 Å². The quantitative estimate of drug-likeness (QED) is 0.659. The van der Waals surface area contributed by atoms with Crippen LogP contribution in [0.25, 0.3) is 5.69 Å². The minimum atomic E-state index is -0.560. The normalized spacial score (nSPS) is 10.4. The van der Waals surface area contributed by atoms with Crippen molar-refractivity contribution in [3.8, 4) is 5.69 Å². The molecule has 0 aliphatic carbocycles. The van der Waals surface area contributed by atoms with Gasteiger partial charge < -0.3 is 10.1 Å². The van der Waals surface area contributed by atoms with E-state index in [-0.39, 0.29) is 0 Å². The van der Waals surface area contributed by atoms with Crippen molar-refractivity contribution in [1.29, 1.82) is 0 Å². The Hall–Kier alpha value is -3.19. The second-order valence-corrected chi connectivity index (χ2v) is 6.11. The Morgan fingerprint density at radius 3 is 2.63 bits per heavy atom. The van der Waals surface area contributed by atoms with Gasteiger partial charge in [0.05, 0.1) is 16.9 Å². The number of benzene rings is 2. The number of halogens is 1. The molecule has 0 unspecified atom stereocenters. The topological polar surface area (TPSA) is 86.1 Å². The van der Waals surface area contributed by atoms with Crippen LogP contribution >= 0.6 is 11.6 Å². The first-order chi connectivity index (χ1) is 13.1. The van der Waals surface area contributed by atoms with Crippen LogP contribution in [0.3, 0.4) is 0 Å². The molecule has 0 aliphatic rings. The van der Waals surface area contributed by atoms with Gasteiger partial charge in [-0.3, -0.25) is 4.79 Å². The summed E-state index contributed by atoms with van der Waals surface area (Å²) in [5, 5.41) is 7.16. The lowest BCUT2D eigenvalue weighted by atomic mass is 10.1. The number of anilines is 1. The van der Waals surface area contributed by atoms with Crippen molar-refractivity contribution >= 4 is 29.2 Å². The number of rotatable bonds is 6. The summed E-state index contributed by atoms with van der Waals surface area (Å²) >= 11 is 6.01. The Labute approximate surface area is 160 Å². The highest BCUT2D eigenvalue weighted by Gasteiger charge is 2.13. The molecule has 0 aliphatic heterocycles. The summed E-state index contributed by atoms with van der Waals surface area (Å²) in [5.74, 6) is -1.05. The number of esters is 1. The second-order valence-electron chi connectivity index (χ2n) is 5.68. The van der Waals surface area contributed by atoms with Crippen molar-refractivity contribution in [2.75, 3.05) is 11.9 Å². The van der Waals surface area contributed by atoms with Gasteiger partial charge in [-0.05, 0) is 42.3 Å². The van der Waals surface area contributed by atoms with E-state index in [0.29, 0.717) is 22.0 Å². The predicted octanol–water partition coefficient (Wildman–Crippen LogP) is 3.28. The van der Waals surface area contributed by atoms with E-state index < -0.39 is 18.5 Å². The largest absolute Gasteiger partial charge is 0.452 e. The summed E-state index contributed by atoms with van der Waals surface area (Å²) in [6.07, 6.45) is 3.76. The molecule has 0 bridgehead atoms. The molecule has 138 valence electrons. The minimum absolute atomic E-state index is 0.395. The number of amides is 1. The molecule has 0 saturated heterocycles. The molecule has 0 fully saturated rings. The van der Waals surface area contributed by atoms with Crippen molar-refractivity contribution in [2.45, 2.75) is 13.3 Å². The molecule has 8 heteroatoms. The van der Waals surface area contributed by atoms with Gasteiger partial charge in [0, 0.05) is 5.02 Å². The summed E-state index contributed by atoms with van der Waals surface area (Å²) in [4.78, 5) is 28.2. The number of carbonyl (C=O) groups is 2. The van der Waals surface area contributed by atoms with E-state index in [0.717, 1.165) is 12.0 Å². The molecule has 3 aromatic rings. The van der Waals surface area contributed by atoms with Gasteiger partial charge in [-0.2, -0.15) is 5.10 Å². The smallest absolute Gasteiger partial charge is 0.338 e. The molecule has 0 spiro atoms. The first-order valence-electron chi connectivity index (χ1n) is 8.27. The highest BCUT2D eigenvalue weighted by atomic mass is 35.5. The first-order valence-corrected chi connectivity index (χ1v) is 8.65. The molecule has 1 N–H and O–H groups in total. The first kappa shape index (κ1) is 18.6. The minimum Gasteiger partial charge on any atom is -0.452 e. The van der Waals surface area contributed by atoms with Crippen molar-refractivity contribution < 1.29 is 14.3 Å². The molecule has 0 saturated carbocycles. The monoisotopic (exact) mass is 384 g/mol. The van der Waals surface area contributed by atoms with Crippen LogP contribution in [0.1, 0.15) is 22.8 Å². The van der Waals surface area contributed by atoms with Gasteiger partial charge in [0.1, 0.15) is 12.7 Å². The van der Waals surface area contributed by atoms with Crippen LogP contribution < -0.4 is 5.32 Å². The van der Waals surface area contributed by atoms with Crippen LogP contribution in [-0.4, -0.2) is 33.2 Å². The van der Waals surface area contributed by atoms with E-state index in [1.807, 2.05) is 19.1 Å². The number of nitrogens with one attached hydrogen (secondary N) is 1. The molecular formula is C19H17ClN4O3. The van der Waals surface area contributed by atoms with Crippen LogP contribution in [-0.2, 0) is 16.0 Å². The van der Waals surface area contributed by atoms with E-state index in [1.165, 1.54) is 17.3 Å². The van der Waals surface area contributed by atoms with Crippen LogP contribution in [0.4, 0.5) is 5.69 Å². The Morgan fingerprint density at radius 1 is 1.19 bits per heavy atom. The van der Waals surface area contributed by atoms with Gasteiger partial charge in [0.25, 0.3) is 5.91 Å². The van der Waals surface area contributed by atoms with Gasteiger partial charge in [0.15, 0.2) is 6.61 Å². The summed E-state index contributed by atoms with van der Waals surface area (Å²) in [6.45, 7) is 1.61. The molecule has 0 radical (unpaired) electrons. The third-order valence-electron chi connectivity index (χ3n) is 3.83. The van der Waals surface area contributed by atoms with Crippen LogP contribution in [0.2, 0.25) is 5.02 Å². The number of aromatic nitrogens is 3. The number of ether oxygens (including phenoxy) is 1. The Balaban J connectivity index is 1.64. The summed E-state index contributed by atoms with van der Waals surface area (Å²) < 4.78 is 6.57. The Bertz CT molecular complexity index is 940. The maximum Gasteiger partial charge on any atom is 0.338 e. The van der Waals surface area contributed by atoms with Gasteiger partial charge in [-0.15, -0.1) is 0 Å². The van der Waals surface area contributed by atoms with Gasteiger partial charge in [-0.1, -0.05) is 30.7 Å². The average molecular weight is 385 g/mol. The lowest BCUT2D eigenvalue weighted by molar-refractivity contribution is -0.119. The highest BCUT2D eigenvalue weighted by Crippen LogP contribution is 2.23. The number of aryl methyl sites for hydroxylation is 1. The van der Waals surface area contributed by atoms with E-state index in [4.69, 9.17) is 16.3 Å². The number of hydrogen-bond donors (Lipinski definition) is 1. The SMILES string of the molecule is CCc1ccc(C(=O)OCC(=O)Nc2cc(Cl)ccc2-n2cncn2)cc1. The number of hydrogen-bond acceptors (Lipinski definition) is 5. The maximum absolute atomic E-state index is 12.2. The third kappa shape index (κ3) is 4.71. The number of nitrogens with zero attached hydrogens (tertiary/aromatic N) is 3. The predicted molar refractivity (Wildman–Crippen MR) is 101 cm³/mol. The molecule has 0 atom stereocenters. The van der Waals surface area contributed by atoms with Crippen molar-refractivity contribution in [2.24, 2.45) is 0 Å². The molecule has 7 nitrogen and oxygen atoms in total. The Kier molecular flexibility index (Phi) is 5.83. The zero-order valence-electron chi connectivity index (χ0n) is 14.6. The lowest BCUT2D eigenvalue weighted by Gasteiger charge is -2.11. The molecule has 3 rings (SSSR count). The molecule has 1 amide bonds. The maximum atomic E-state index is 12.2. The third-order valence-corrected chi connectivity index (χ3v) is 4.07. The van der Waals surface area contributed by atoms with Crippen LogP contribution in [0, 0.1) is 0 Å². The van der Waals surface area contributed by atoms with E-state index in [9.17, 15) is 9.59 Å². The van der Waals surface area contributed by atoms with E-state index in [1.54, 1.807) is 30.3 Å². The van der Waals surface area contributed by atoms with Gasteiger partial charge in [-0.25, -0.2) is 14.5 Å². The van der Waals surface area contributed by atoms with Gasteiger partial charge >= 0.3 is 5.97 Å². The fraction of sp³-hybridized carbons (Fsp3) is 0.158. The molecule has 1 aromatic heterocycles. The standard InChI is InChI=1S/C19H17ClN4O3/c1-2-13-3-5-14(6-4-13)19(26)27-10-18(25)23-16-9-15(20)7-8-17(16)24-12-21-11-22-24/h3-9,11-12H,2,10H2,1H3,(H,23,25). The van der Waals surface area contributed by atoms with Crippen molar-refractivity contribution in [3.63, 3.8) is 0 Å². The van der Waals surface area contributed by atoms with Crippen LogP contribution in [0.5, 0.6) is 0 Å². The summed E-state index contributed by atoms with van der Waals surface area (Å²) in [7, 11) is 0. The highest BCUT2D eigenvalue weighted by molar-refractivity contribution is 6.31. The summed E-state index contributed by atoms with van der Waals surface area (Å²) in [5.41, 5.74) is 2.53. The molecule has 1 heterocycles.